The molecule has 0 amide bonds. The van der Waals surface area contributed by atoms with E-state index in [9.17, 15) is 4.79 Å². The Labute approximate surface area is 115 Å². The van der Waals surface area contributed by atoms with Crippen molar-refractivity contribution < 1.29 is 0 Å². The highest BCUT2D eigenvalue weighted by molar-refractivity contribution is 6.20. The molecule has 0 fully saturated rings. The second-order valence-corrected chi connectivity index (χ2v) is 5.39. The molecule has 2 aromatic carbocycles. The number of H-pyrrole nitrogens is 2. The summed E-state index contributed by atoms with van der Waals surface area (Å²) < 4.78 is 0. The molecule has 0 saturated heterocycles. The van der Waals surface area contributed by atoms with Gasteiger partial charge in [-0.05, 0) is 36.2 Å². The molecule has 0 aliphatic heterocycles. The highest BCUT2D eigenvalue weighted by Crippen LogP contribution is 2.31. The maximum atomic E-state index is 12.2. The normalized spacial score (nSPS) is 11.7. The van der Waals surface area contributed by atoms with Gasteiger partial charge in [0.2, 0.25) is 0 Å². The lowest BCUT2D eigenvalue weighted by atomic mass is 10.0. The Morgan fingerprint density at radius 2 is 1.85 bits per heavy atom. The second kappa shape index (κ2) is 3.73. The summed E-state index contributed by atoms with van der Waals surface area (Å²) in [6.45, 7) is 4.08. The molecule has 2 N–H and O–H groups in total. The van der Waals surface area contributed by atoms with Crippen LogP contribution < -0.4 is 5.56 Å². The molecule has 0 radical (unpaired) electrons. The molecule has 2 heterocycles. The van der Waals surface area contributed by atoms with Crippen LogP contribution in [0.2, 0.25) is 0 Å². The first-order valence-corrected chi connectivity index (χ1v) is 6.68. The molecule has 0 aliphatic carbocycles. The summed E-state index contributed by atoms with van der Waals surface area (Å²) in [5.41, 5.74) is 4.18. The molecule has 20 heavy (non-hydrogen) atoms. The number of hydrogen-bond acceptors (Lipinski definition) is 1. The smallest absolute Gasteiger partial charge is 0.258 e. The van der Waals surface area contributed by atoms with Crippen molar-refractivity contribution >= 4 is 32.6 Å². The summed E-state index contributed by atoms with van der Waals surface area (Å²) in [6, 6.07) is 10.5. The summed E-state index contributed by atoms with van der Waals surface area (Å²) >= 11 is 0. The Hall–Kier alpha value is -2.55. The van der Waals surface area contributed by atoms with Crippen LogP contribution in [0.25, 0.3) is 32.6 Å². The van der Waals surface area contributed by atoms with E-state index >= 15 is 0 Å². The zero-order valence-electron chi connectivity index (χ0n) is 11.4. The molecule has 0 bridgehead atoms. The van der Waals surface area contributed by atoms with E-state index in [4.69, 9.17) is 0 Å². The summed E-state index contributed by atoms with van der Waals surface area (Å²) in [7, 11) is 0. The van der Waals surface area contributed by atoms with E-state index in [0.29, 0.717) is 0 Å². The van der Waals surface area contributed by atoms with Gasteiger partial charge in [0.05, 0.1) is 10.9 Å². The number of aryl methyl sites for hydroxylation is 2. The summed E-state index contributed by atoms with van der Waals surface area (Å²) in [5, 5.41) is 4.06. The van der Waals surface area contributed by atoms with E-state index < -0.39 is 0 Å². The van der Waals surface area contributed by atoms with E-state index in [1.807, 2.05) is 6.92 Å². The number of hydrogen-bond donors (Lipinski definition) is 2. The van der Waals surface area contributed by atoms with Gasteiger partial charge in [0, 0.05) is 17.1 Å². The van der Waals surface area contributed by atoms with E-state index in [0.717, 1.165) is 32.8 Å². The lowest BCUT2D eigenvalue weighted by Crippen LogP contribution is -2.04. The molecule has 2 aromatic heterocycles. The molecule has 0 spiro atoms. The van der Waals surface area contributed by atoms with Crippen LogP contribution in [-0.2, 0) is 0 Å². The van der Waals surface area contributed by atoms with Crippen LogP contribution in [0, 0.1) is 13.8 Å². The van der Waals surface area contributed by atoms with Crippen LogP contribution in [0.5, 0.6) is 0 Å². The van der Waals surface area contributed by atoms with E-state index in [1.165, 1.54) is 10.9 Å². The number of pyridine rings is 1. The first-order chi connectivity index (χ1) is 9.65. The van der Waals surface area contributed by atoms with Crippen LogP contribution in [0.3, 0.4) is 0 Å². The van der Waals surface area contributed by atoms with Gasteiger partial charge >= 0.3 is 0 Å². The molecule has 4 aromatic rings. The molecule has 0 unspecified atom stereocenters. The predicted molar refractivity (Wildman–Crippen MR) is 83.4 cm³/mol. The van der Waals surface area contributed by atoms with E-state index in [-0.39, 0.29) is 5.56 Å². The average Bonchev–Trinajstić information content (AvgIpc) is 2.83. The number of aromatic amines is 2. The number of nitrogens with one attached hydrogen (secondary N) is 2. The monoisotopic (exact) mass is 262 g/mol. The summed E-state index contributed by atoms with van der Waals surface area (Å²) in [4.78, 5) is 18.4. The van der Waals surface area contributed by atoms with Crippen LogP contribution in [0.1, 0.15) is 11.1 Å². The number of benzene rings is 2. The highest BCUT2D eigenvalue weighted by atomic mass is 16.1. The predicted octanol–water partition coefficient (Wildman–Crippen LogP) is 3.78. The van der Waals surface area contributed by atoms with Crippen molar-refractivity contribution in [1.29, 1.82) is 0 Å². The SMILES string of the molecule is Cc1ccc2c(ccc3[nH]c4c(C)c[nH]c(=O)c4c32)c1. The topological polar surface area (TPSA) is 48.6 Å². The van der Waals surface area contributed by atoms with Crippen molar-refractivity contribution in [2.75, 3.05) is 0 Å². The zero-order chi connectivity index (χ0) is 13.9. The zero-order valence-corrected chi connectivity index (χ0v) is 11.4. The minimum absolute atomic E-state index is 0.0371. The molecule has 3 heteroatoms. The van der Waals surface area contributed by atoms with Gasteiger partial charge in [-0.15, -0.1) is 0 Å². The Balaban J connectivity index is 2.38. The van der Waals surface area contributed by atoms with E-state index in [2.05, 4.69) is 47.2 Å². The molecule has 0 aliphatic rings. The first kappa shape index (κ1) is 11.3. The first-order valence-electron chi connectivity index (χ1n) is 6.68. The van der Waals surface area contributed by atoms with Crippen LogP contribution in [0.4, 0.5) is 0 Å². The van der Waals surface area contributed by atoms with Crippen molar-refractivity contribution in [2.24, 2.45) is 0 Å². The maximum absolute atomic E-state index is 12.2. The third-order valence-corrected chi connectivity index (χ3v) is 3.98. The van der Waals surface area contributed by atoms with Gasteiger partial charge in [0.15, 0.2) is 0 Å². The largest absolute Gasteiger partial charge is 0.354 e. The standard InChI is InChI=1S/C17H14N2O/c1-9-3-5-12-11(7-9)4-6-13-14(12)15-16(19-13)10(2)8-18-17(15)20/h3-8,19H,1-2H3,(H,18,20). The number of fused-ring (bicyclic) bond motifs is 5. The van der Waals surface area contributed by atoms with Crippen molar-refractivity contribution in [3.05, 3.63) is 58.0 Å². The summed E-state index contributed by atoms with van der Waals surface area (Å²) in [5.74, 6) is 0. The van der Waals surface area contributed by atoms with Crippen molar-refractivity contribution in [3.8, 4) is 0 Å². The minimum atomic E-state index is -0.0371. The van der Waals surface area contributed by atoms with Crippen molar-refractivity contribution in [1.82, 2.24) is 9.97 Å². The number of rotatable bonds is 0. The molecule has 3 nitrogen and oxygen atoms in total. The van der Waals surface area contributed by atoms with Crippen molar-refractivity contribution in [3.63, 3.8) is 0 Å². The molecule has 4 rings (SSSR count). The molecular formula is C17H14N2O. The fraction of sp³-hybridized carbons (Fsp3) is 0.118. The van der Waals surface area contributed by atoms with Gasteiger partial charge < -0.3 is 9.97 Å². The van der Waals surface area contributed by atoms with Gasteiger partial charge in [-0.2, -0.15) is 0 Å². The molecule has 98 valence electrons. The van der Waals surface area contributed by atoms with Gasteiger partial charge in [-0.3, -0.25) is 4.79 Å². The van der Waals surface area contributed by atoms with Crippen LogP contribution >= 0.6 is 0 Å². The van der Waals surface area contributed by atoms with Gasteiger partial charge in [-0.1, -0.05) is 29.8 Å². The fourth-order valence-electron chi connectivity index (χ4n) is 2.99. The number of aromatic nitrogens is 2. The third kappa shape index (κ3) is 1.37. The maximum Gasteiger partial charge on any atom is 0.258 e. The van der Waals surface area contributed by atoms with Crippen LogP contribution in [0.15, 0.2) is 41.3 Å². The Bertz CT molecular complexity index is 1040. The quantitative estimate of drug-likeness (QED) is 0.498. The Morgan fingerprint density at radius 3 is 2.70 bits per heavy atom. The Kier molecular flexibility index (Phi) is 2.11. The molecular weight excluding hydrogens is 248 g/mol. The van der Waals surface area contributed by atoms with Gasteiger partial charge in [0.1, 0.15) is 0 Å². The van der Waals surface area contributed by atoms with E-state index in [1.54, 1.807) is 6.20 Å². The lowest BCUT2D eigenvalue weighted by molar-refractivity contribution is 1.24. The highest BCUT2D eigenvalue weighted by Gasteiger charge is 2.12. The minimum Gasteiger partial charge on any atom is -0.354 e. The van der Waals surface area contributed by atoms with Crippen LogP contribution in [-0.4, -0.2) is 9.97 Å². The molecule has 0 atom stereocenters. The fourth-order valence-corrected chi connectivity index (χ4v) is 2.99. The van der Waals surface area contributed by atoms with Gasteiger partial charge in [-0.25, -0.2) is 0 Å². The van der Waals surface area contributed by atoms with Crippen molar-refractivity contribution in [2.45, 2.75) is 13.8 Å². The Morgan fingerprint density at radius 1 is 1.00 bits per heavy atom. The summed E-state index contributed by atoms with van der Waals surface area (Å²) in [6.07, 6.45) is 1.76. The second-order valence-electron chi connectivity index (χ2n) is 5.39. The van der Waals surface area contributed by atoms with Gasteiger partial charge in [0.25, 0.3) is 5.56 Å². The average molecular weight is 262 g/mol. The lowest BCUT2D eigenvalue weighted by Gasteiger charge is -2.01. The third-order valence-electron chi connectivity index (χ3n) is 3.98. The molecule has 0 saturated carbocycles.